The second kappa shape index (κ2) is 12.3. The maximum Gasteiger partial charge on any atom is 0.0912 e. The summed E-state index contributed by atoms with van der Waals surface area (Å²) in [4.78, 5) is 0. The highest BCUT2D eigenvalue weighted by Gasteiger charge is 2.30. The van der Waals surface area contributed by atoms with Crippen molar-refractivity contribution in [3.05, 3.63) is 24.3 Å². The van der Waals surface area contributed by atoms with Crippen LogP contribution in [0.5, 0.6) is 0 Å². The highest BCUT2D eigenvalue weighted by atomic mass is 14.4. The van der Waals surface area contributed by atoms with E-state index < -0.39 is 0 Å². The number of nitriles is 1. The number of unbranched alkanes of at least 4 members (excludes halogenated alkanes) is 4. The van der Waals surface area contributed by atoms with Gasteiger partial charge < -0.3 is 0 Å². The van der Waals surface area contributed by atoms with Crippen molar-refractivity contribution >= 4 is 0 Å². The molecule has 0 bridgehead atoms. The molecule has 0 heterocycles. The van der Waals surface area contributed by atoms with Gasteiger partial charge in [0.2, 0.25) is 0 Å². The van der Waals surface area contributed by atoms with Crippen molar-refractivity contribution in [1.29, 1.82) is 5.26 Å². The lowest BCUT2D eigenvalue weighted by Crippen LogP contribution is -2.25. The minimum absolute atomic E-state index is 0.749. The Kier molecular flexibility index (Phi) is 10.0. The van der Waals surface area contributed by atoms with Gasteiger partial charge in [0.15, 0.2) is 0 Å². The minimum Gasteiger partial charge on any atom is -0.193 e. The van der Waals surface area contributed by atoms with Gasteiger partial charge in [-0.05, 0) is 62.2 Å². The third-order valence-electron chi connectivity index (χ3n) is 6.76. The Morgan fingerprint density at radius 2 is 1.44 bits per heavy atom. The molecule has 0 atom stereocenters. The molecule has 2 fully saturated rings. The Hall–Kier alpha value is -1.03. The van der Waals surface area contributed by atoms with Gasteiger partial charge in [-0.25, -0.2) is 0 Å². The van der Waals surface area contributed by atoms with E-state index in [1.54, 1.807) is 6.08 Å². The normalized spacial score (nSPS) is 30.7. The predicted molar refractivity (Wildman–Crippen MR) is 108 cm³/mol. The summed E-state index contributed by atoms with van der Waals surface area (Å²) >= 11 is 0. The van der Waals surface area contributed by atoms with Crippen molar-refractivity contribution in [2.45, 2.75) is 96.8 Å². The first kappa shape index (κ1) is 20.3. The summed E-state index contributed by atoms with van der Waals surface area (Å²) in [6.45, 7) is 2.30. The zero-order chi connectivity index (χ0) is 17.7. The van der Waals surface area contributed by atoms with Crippen molar-refractivity contribution in [3.63, 3.8) is 0 Å². The summed E-state index contributed by atoms with van der Waals surface area (Å²) in [5.74, 6) is 3.83. The van der Waals surface area contributed by atoms with E-state index in [0.717, 1.165) is 23.7 Å². The first-order chi connectivity index (χ1) is 12.3. The standard InChI is InChI=1S/C24H39N/c1-2-3-4-5-7-10-21-12-16-23(17-13-21)24-18-14-22(15-19-24)11-8-6-9-20-25/h6,8-9,11,21-24H,2-5,7,10,12-19H2,1H3/t21-,22-,23-,24-. The second-order valence-electron chi connectivity index (χ2n) is 8.53. The first-order valence-corrected chi connectivity index (χ1v) is 11.1. The van der Waals surface area contributed by atoms with Crippen molar-refractivity contribution in [2.75, 3.05) is 0 Å². The molecule has 2 saturated carbocycles. The highest BCUT2D eigenvalue weighted by molar-refractivity contribution is 5.12. The summed E-state index contributed by atoms with van der Waals surface area (Å²) in [6, 6.07) is 2.05. The van der Waals surface area contributed by atoms with Crippen LogP contribution in [0.25, 0.3) is 0 Å². The third-order valence-corrected chi connectivity index (χ3v) is 6.76. The molecule has 140 valence electrons. The molecule has 0 aromatic carbocycles. The van der Waals surface area contributed by atoms with E-state index >= 15 is 0 Å². The lowest BCUT2D eigenvalue weighted by molar-refractivity contribution is 0.151. The van der Waals surface area contributed by atoms with Crippen LogP contribution < -0.4 is 0 Å². The van der Waals surface area contributed by atoms with Gasteiger partial charge in [0.1, 0.15) is 0 Å². The van der Waals surface area contributed by atoms with E-state index in [1.165, 1.54) is 89.9 Å². The molecular weight excluding hydrogens is 302 g/mol. The Morgan fingerprint density at radius 1 is 0.800 bits per heavy atom. The molecule has 25 heavy (non-hydrogen) atoms. The molecule has 0 saturated heterocycles. The number of hydrogen-bond acceptors (Lipinski definition) is 1. The van der Waals surface area contributed by atoms with Gasteiger partial charge in [-0.3, -0.25) is 0 Å². The van der Waals surface area contributed by atoms with E-state index in [4.69, 9.17) is 5.26 Å². The molecular formula is C24H39N. The molecule has 0 aromatic heterocycles. The highest BCUT2D eigenvalue weighted by Crippen LogP contribution is 2.42. The maximum atomic E-state index is 8.51. The largest absolute Gasteiger partial charge is 0.193 e. The molecule has 0 spiro atoms. The van der Waals surface area contributed by atoms with Gasteiger partial charge >= 0.3 is 0 Å². The number of hydrogen-bond donors (Lipinski definition) is 0. The average Bonchev–Trinajstić information content (AvgIpc) is 2.66. The molecule has 1 nitrogen and oxygen atoms in total. The monoisotopic (exact) mass is 341 g/mol. The molecule has 1 heteroatoms. The molecule has 2 rings (SSSR count). The zero-order valence-electron chi connectivity index (χ0n) is 16.5. The summed E-state index contributed by atoms with van der Waals surface area (Å²) in [6.07, 6.45) is 28.1. The van der Waals surface area contributed by atoms with Crippen molar-refractivity contribution in [2.24, 2.45) is 23.7 Å². The van der Waals surface area contributed by atoms with Crippen LogP contribution in [0.1, 0.15) is 96.8 Å². The molecule has 0 N–H and O–H groups in total. The zero-order valence-corrected chi connectivity index (χ0v) is 16.5. The second-order valence-corrected chi connectivity index (χ2v) is 8.53. The fourth-order valence-electron chi connectivity index (χ4n) is 5.11. The SMILES string of the molecule is CCCCCCC[C@H]1CC[C@H]([C@H]2CC[C@H](C=CC=CC#N)CC2)CC1. The van der Waals surface area contributed by atoms with Gasteiger partial charge in [0, 0.05) is 6.08 Å². The van der Waals surface area contributed by atoms with Gasteiger partial charge in [0.05, 0.1) is 6.07 Å². The summed E-state index contributed by atoms with van der Waals surface area (Å²) in [5, 5.41) is 8.51. The molecule has 0 unspecified atom stereocenters. The quantitative estimate of drug-likeness (QED) is 0.241. The number of rotatable bonds is 9. The van der Waals surface area contributed by atoms with Gasteiger partial charge in [-0.2, -0.15) is 5.26 Å². The van der Waals surface area contributed by atoms with Crippen LogP contribution in [0.15, 0.2) is 24.3 Å². The fourth-order valence-corrected chi connectivity index (χ4v) is 5.11. The molecule has 0 radical (unpaired) electrons. The van der Waals surface area contributed by atoms with Crippen LogP contribution in [-0.4, -0.2) is 0 Å². The fraction of sp³-hybridized carbons (Fsp3) is 0.792. The molecule has 2 aliphatic carbocycles. The van der Waals surface area contributed by atoms with Crippen LogP contribution in [-0.2, 0) is 0 Å². The van der Waals surface area contributed by atoms with Gasteiger partial charge in [-0.15, -0.1) is 0 Å². The Bertz CT molecular complexity index is 426. The van der Waals surface area contributed by atoms with Crippen LogP contribution in [0.3, 0.4) is 0 Å². The first-order valence-electron chi connectivity index (χ1n) is 11.1. The van der Waals surface area contributed by atoms with E-state index in [1.807, 2.05) is 12.1 Å². The van der Waals surface area contributed by atoms with Crippen molar-refractivity contribution < 1.29 is 0 Å². The molecule has 0 aliphatic heterocycles. The van der Waals surface area contributed by atoms with Crippen LogP contribution in [0, 0.1) is 35.0 Å². The van der Waals surface area contributed by atoms with Crippen molar-refractivity contribution in [3.8, 4) is 6.07 Å². The van der Waals surface area contributed by atoms with Crippen molar-refractivity contribution in [1.82, 2.24) is 0 Å². The molecule has 0 amide bonds. The van der Waals surface area contributed by atoms with Crippen LogP contribution in [0.4, 0.5) is 0 Å². The topological polar surface area (TPSA) is 23.8 Å². The van der Waals surface area contributed by atoms with Gasteiger partial charge in [0.25, 0.3) is 0 Å². The smallest absolute Gasteiger partial charge is 0.0912 e. The molecule has 0 aromatic rings. The van der Waals surface area contributed by atoms with Crippen LogP contribution in [0.2, 0.25) is 0 Å². The van der Waals surface area contributed by atoms with E-state index in [-0.39, 0.29) is 0 Å². The van der Waals surface area contributed by atoms with E-state index in [0.29, 0.717) is 0 Å². The van der Waals surface area contributed by atoms with E-state index in [9.17, 15) is 0 Å². The summed E-state index contributed by atoms with van der Waals surface area (Å²) in [5.41, 5.74) is 0. The Morgan fingerprint density at radius 3 is 2.08 bits per heavy atom. The van der Waals surface area contributed by atoms with E-state index in [2.05, 4.69) is 19.1 Å². The van der Waals surface area contributed by atoms with Crippen LogP contribution >= 0.6 is 0 Å². The minimum atomic E-state index is 0.749. The maximum absolute atomic E-state index is 8.51. The summed E-state index contributed by atoms with van der Waals surface area (Å²) < 4.78 is 0. The third kappa shape index (κ3) is 7.81. The lowest BCUT2D eigenvalue weighted by Gasteiger charge is -2.37. The lowest BCUT2D eigenvalue weighted by atomic mass is 9.68. The Balaban J connectivity index is 1.58. The number of allylic oxidation sites excluding steroid dienone is 4. The molecule has 2 aliphatic rings. The Labute approximate surface area is 156 Å². The number of nitrogens with zero attached hydrogens (tertiary/aromatic N) is 1. The summed E-state index contributed by atoms with van der Waals surface area (Å²) in [7, 11) is 0. The predicted octanol–water partition coefficient (Wildman–Crippen LogP) is 7.60. The average molecular weight is 342 g/mol. The van der Waals surface area contributed by atoms with Gasteiger partial charge in [-0.1, -0.05) is 76.5 Å².